The van der Waals surface area contributed by atoms with Gasteiger partial charge in [0.2, 0.25) is 0 Å². The maximum absolute atomic E-state index is 13.2. The van der Waals surface area contributed by atoms with Crippen LogP contribution in [0.5, 0.6) is 5.75 Å². The number of carbonyl (C=O) groups excluding carboxylic acids is 2. The van der Waals surface area contributed by atoms with E-state index in [1.165, 1.54) is 0 Å². The predicted octanol–water partition coefficient (Wildman–Crippen LogP) is 4.06. The summed E-state index contributed by atoms with van der Waals surface area (Å²) in [4.78, 5) is 33.0. The van der Waals surface area contributed by atoms with Crippen LogP contribution in [0.3, 0.4) is 0 Å². The van der Waals surface area contributed by atoms with Gasteiger partial charge in [0, 0.05) is 42.5 Å². The zero-order chi connectivity index (χ0) is 20.5. The molecule has 0 N–H and O–H groups in total. The van der Waals surface area contributed by atoms with E-state index in [2.05, 4.69) is 0 Å². The highest BCUT2D eigenvalue weighted by Crippen LogP contribution is 2.32. The van der Waals surface area contributed by atoms with Gasteiger partial charge in [0.05, 0.1) is 24.1 Å². The number of ether oxygens (including phenoxy) is 1. The molecule has 1 heterocycles. The first kappa shape index (κ1) is 18.6. The first-order valence-corrected chi connectivity index (χ1v) is 9.22. The van der Waals surface area contributed by atoms with Gasteiger partial charge < -0.3 is 9.64 Å². The topological polar surface area (TPSA) is 59.5 Å². The van der Waals surface area contributed by atoms with E-state index in [4.69, 9.17) is 9.72 Å². The number of carbonyl (C=O) groups is 2. The summed E-state index contributed by atoms with van der Waals surface area (Å²) >= 11 is 0. The lowest BCUT2D eigenvalue weighted by Crippen LogP contribution is -2.23. The van der Waals surface area contributed by atoms with E-state index < -0.39 is 0 Å². The summed E-state index contributed by atoms with van der Waals surface area (Å²) in [6.45, 7) is 0. The summed E-state index contributed by atoms with van der Waals surface area (Å²) in [7, 11) is 5.38. The molecule has 5 heteroatoms. The van der Waals surface area contributed by atoms with Gasteiger partial charge in [-0.1, -0.05) is 24.3 Å². The van der Waals surface area contributed by atoms with Gasteiger partial charge in [0.1, 0.15) is 5.75 Å². The Labute approximate surface area is 169 Å². The van der Waals surface area contributed by atoms with Crippen LogP contribution in [0, 0.1) is 0 Å². The van der Waals surface area contributed by atoms with Gasteiger partial charge in [-0.05, 0) is 36.4 Å². The van der Waals surface area contributed by atoms with Crippen molar-refractivity contribution >= 4 is 17.6 Å². The maximum Gasteiger partial charge on any atom is 0.196 e. The molecule has 0 saturated heterocycles. The zero-order valence-corrected chi connectivity index (χ0v) is 16.5. The van der Waals surface area contributed by atoms with Gasteiger partial charge in [-0.25, -0.2) is 4.98 Å². The van der Waals surface area contributed by atoms with Crippen LogP contribution in [0.1, 0.15) is 37.5 Å². The standard InChI is InChI=1S/C24H20N2O3/c1-26(2)13-12-20-22-19(23(27)17-6-4-5-7-18(17)24(22)28)14-21(25-20)15-8-10-16(29-3)11-9-15/h4-14H,1-3H3/b13-12+. The lowest BCUT2D eigenvalue weighted by molar-refractivity contribution is 0.0978. The minimum Gasteiger partial charge on any atom is -0.497 e. The molecule has 0 unspecified atom stereocenters. The fraction of sp³-hybridized carbons (Fsp3) is 0.125. The normalized spacial score (nSPS) is 12.7. The van der Waals surface area contributed by atoms with Crippen molar-refractivity contribution in [2.24, 2.45) is 0 Å². The molecular formula is C24H20N2O3. The number of nitrogens with zero attached hydrogens (tertiary/aromatic N) is 2. The quantitative estimate of drug-likeness (QED) is 0.531. The van der Waals surface area contributed by atoms with Crippen LogP contribution in [0.4, 0.5) is 0 Å². The van der Waals surface area contributed by atoms with Crippen LogP contribution in [0.2, 0.25) is 0 Å². The SMILES string of the molecule is COc1ccc(-c2cc3c(c(/C=C/N(C)C)n2)C(=O)c2ccccc2C3=O)cc1. The van der Waals surface area contributed by atoms with Crippen molar-refractivity contribution in [2.45, 2.75) is 0 Å². The molecule has 0 aliphatic heterocycles. The lowest BCUT2D eigenvalue weighted by atomic mass is 9.82. The van der Waals surface area contributed by atoms with Crippen molar-refractivity contribution in [1.82, 2.24) is 9.88 Å². The monoisotopic (exact) mass is 384 g/mol. The number of rotatable bonds is 4. The third kappa shape index (κ3) is 3.31. The molecule has 144 valence electrons. The van der Waals surface area contributed by atoms with Gasteiger partial charge in [0.25, 0.3) is 0 Å². The molecule has 4 rings (SSSR count). The summed E-state index contributed by atoms with van der Waals surface area (Å²) in [6, 6.07) is 16.1. The minimum atomic E-state index is -0.178. The molecule has 29 heavy (non-hydrogen) atoms. The molecule has 1 aromatic heterocycles. The van der Waals surface area contributed by atoms with Crippen molar-refractivity contribution in [3.63, 3.8) is 0 Å². The van der Waals surface area contributed by atoms with E-state index in [9.17, 15) is 9.59 Å². The highest BCUT2D eigenvalue weighted by molar-refractivity contribution is 6.29. The molecule has 3 aromatic rings. The molecule has 0 amide bonds. The number of aromatic nitrogens is 1. The molecule has 1 aliphatic rings. The smallest absolute Gasteiger partial charge is 0.196 e. The maximum atomic E-state index is 13.2. The van der Waals surface area contributed by atoms with Gasteiger partial charge in [-0.3, -0.25) is 9.59 Å². The number of fused-ring (bicyclic) bond motifs is 2. The molecule has 0 fully saturated rings. The first-order chi connectivity index (χ1) is 14.0. The van der Waals surface area contributed by atoms with Gasteiger partial charge in [-0.15, -0.1) is 0 Å². The van der Waals surface area contributed by atoms with Crippen molar-refractivity contribution in [2.75, 3.05) is 21.2 Å². The number of hydrogen-bond acceptors (Lipinski definition) is 5. The Morgan fingerprint density at radius 2 is 1.55 bits per heavy atom. The highest BCUT2D eigenvalue weighted by Gasteiger charge is 2.32. The summed E-state index contributed by atoms with van der Waals surface area (Å²) < 4.78 is 5.22. The van der Waals surface area contributed by atoms with E-state index >= 15 is 0 Å². The van der Waals surface area contributed by atoms with Crippen LogP contribution in [0.25, 0.3) is 17.3 Å². The lowest BCUT2D eigenvalue weighted by Gasteiger charge is -2.20. The molecule has 0 saturated carbocycles. The third-order valence-electron chi connectivity index (χ3n) is 4.85. The second kappa shape index (κ2) is 7.36. The zero-order valence-electron chi connectivity index (χ0n) is 16.5. The average Bonchev–Trinajstić information content (AvgIpc) is 2.75. The molecule has 0 atom stereocenters. The Morgan fingerprint density at radius 3 is 2.17 bits per heavy atom. The molecule has 0 spiro atoms. The largest absolute Gasteiger partial charge is 0.497 e. The van der Waals surface area contributed by atoms with Crippen LogP contribution in [-0.4, -0.2) is 42.7 Å². The Balaban J connectivity index is 1.94. The summed E-state index contributed by atoms with van der Waals surface area (Å²) in [5.74, 6) is 0.397. The number of methoxy groups -OCH3 is 1. The Bertz CT molecular complexity index is 1150. The van der Waals surface area contributed by atoms with E-state index in [-0.39, 0.29) is 11.6 Å². The van der Waals surface area contributed by atoms with E-state index in [0.717, 1.165) is 11.3 Å². The van der Waals surface area contributed by atoms with E-state index in [1.807, 2.05) is 49.5 Å². The van der Waals surface area contributed by atoms with E-state index in [0.29, 0.717) is 33.6 Å². The van der Waals surface area contributed by atoms with Crippen molar-refractivity contribution in [3.8, 4) is 17.0 Å². The average molecular weight is 384 g/mol. The number of pyridine rings is 1. The Morgan fingerprint density at radius 1 is 0.897 bits per heavy atom. The molecule has 0 radical (unpaired) electrons. The second-order valence-corrected chi connectivity index (χ2v) is 7.03. The summed E-state index contributed by atoms with van der Waals surface area (Å²) in [6.07, 6.45) is 3.59. The van der Waals surface area contributed by atoms with Crippen LogP contribution < -0.4 is 4.74 Å². The van der Waals surface area contributed by atoms with Gasteiger partial charge in [-0.2, -0.15) is 0 Å². The van der Waals surface area contributed by atoms with E-state index in [1.54, 1.807) is 43.5 Å². The molecule has 0 bridgehead atoms. The summed E-state index contributed by atoms with van der Waals surface area (Å²) in [5, 5.41) is 0. The fourth-order valence-electron chi connectivity index (χ4n) is 3.39. The second-order valence-electron chi connectivity index (χ2n) is 7.03. The van der Waals surface area contributed by atoms with Crippen LogP contribution >= 0.6 is 0 Å². The van der Waals surface area contributed by atoms with Crippen molar-refractivity contribution < 1.29 is 14.3 Å². The van der Waals surface area contributed by atoms with Crippen LogP contribution in [-0.2, 0) is 0 Å². The molecule has 5 nitrogen and oxygen atoms in total. The van der Waals surface area contributed by atoms with Crippen molar-refractivity contribution in [3.05, 3.63) is 88.7 Å². The highest BCUT2D eigenvalue weighted by atomic mass is 16.5. The number of hydrogen-bond donors (Lipinski definition) is 0. The first-order valence-electron chi connectivity index (χ1n) is 9.22. The Hall–Kier alpha value is -3.73. The predicted molar refractivity (Wildman–Crippen MR) is 112 cm³/mol. The number of ketones is 2. The number of benzene rings is 2. The van der Waals surface area contributed by atoms with Crippen molar-refractivity contribution in [1.29, 1.82) is 0 Å². The minimum absolute atomic E-state index is 0.160. The molecular weight excluding hydrogens is 364 g/mol. The third-order valence-corrected chi connectivity index (χ3v) is 4.85. The fourth-order valence-corrected chi connectivity index (χ4v) is 3.39. The summed E-state index contributed by atoms with van der Waals surface area (Å²) in [5.41, 5.74) is 3.53. The molecule has 2 aromatic carbocycles. The van der Waals surface area contributed by atoms with Gasteiger partial charge in [0.15, 0.2) is 11.6 Å². The Kier molecular flexibility index (Phi) is 4.72. The van der Waals surface area contributed by atoms with Crippen LogP contribution in [0.15, 0.2) is 60.8 Å². The molecule has 1 aliphatic carbocycles. The van der Waals surface area contributed by atoms with Gasteiger partial charge >= 0.3 is 0 Å².